The maximum atomic E-state index is 12.8. The Bertz CT molecular complexity index is 926. The molecule has 0 radical (unpaired) electrons. The summed E-state index contributed by atoms with van der Waals surface area (Å²) in [5.41, 5.74) is 9.96. The number of rotatable bonds is 1. The first kappa shape index (κ1) is 13.0. The monoisotopic (exact) mass is 305 g/mol. The highest BCUT2D eigenvalue weighted by molar-refractivity contribution is 7.08. The van der Waals surface area contributed by atoms with Gasteiger partial charge in [-0.25, -0.2) is 0 Å². The molecule has 0 amide bonds. The predicted molar refractivity (Wildman–Crippen MR) is 87.5 cm³/mol. The Morgan fingerprint density at radius 2 is 1.45 bits per heavy atom. The van der Waals surface area contributed by atoms with Crippen molar-refractivity contribution in [1.82, 2.24) is 0 Å². The number of fused-ring (bicyclic) bond motifs is 2. The second-order valence-corrected chi connectivity index (χ2v) is 5.95. The molecule has 4 heteroatoms. The lowest BCUT2D eigenvalue weighted by Gasteiger charge is -2.20. The largest absolute Gasteiger partial charge is 0.398 e. The van der Waals surface area contributed by atoms with Crippen molar-refractivity contribution in [1.29, 1.82) is 0 Å². The van der Waals surface area contributed by atoms with Gasteiger partial charge in [0.2, 0.25) is 0 Å². The fourth-order valence-electron chi connectivity index (χ4n) is 2.88. The molecule has 0 fully saturated rings. The van der Waals surface area contributed by atoms with E-state index in [1.807, 2.05) is 22.9 Å². The molecule has 0 saturated heterocycles. The zero-order chi connectivity index (χ0) is 15.3. The predicted octanol–water partition coefficient (Wildman–Crippen LogP) is 3.77. The van der Waals surface area contributed by atoms with Gasteiger partial charge in [-0.1, -0.05) is 30.3 Å². The number of carbonyl (C=O) groups excluding carboxylic acids is 2. The molecule has 0 aliphatic heterocycles. The lowest BCUT2D eigenvalue weighted by atomic mass is 9.82. The highest BCUT2D eigenvalue weighted by Gasteiger charge is 2.31. The molecule has 1 heterocycles. The quantitative estimate of drug-likeness (QED) is 0.544. The van der Waals surface area contributed by atoms with E-state index in [2.05, 4.69) is 0 Å². The van der Waals surface area contributed by atoms with E-state index >= 15 is 0 Å². The molecule has 0 atom stereocenters. The molecular formula is C18H11NO2S. The maximum absolute atomic E-state index is 12.8. The molecule has 0 spiro atoms. The molecule has 0 saturated carbocycles. The van der Waals surface area contributed by atoms with Gasteiger partial charge in [-0.15, -0.1) is 0 Å². The number of benzene rings is 2. The van der Waals surface area contributed by atoms with Gasteiger partial charge in [-0.05, 0) is 28.5 Å². The molecule has 2 aromatic carbocycles. The molecular weight excluding hydrogens is 294 g/mol. The smallest absolute Gasteiger partial charge is 0.196 e. The lowest BCUT2D eigenvalue weighted by Crippen LogP contribution is -2.22. The number of thiophene rings is 1. The van der Waals surface area contributed by atoms with Crippen LogP contribution in [-0.2, 0) is 0 Å². The van der Waals surface area contributed by atoms with E-state index in [0.717, 1.165) is 11.1 Å². The summed E-state index contributed by atoms with van der Waals surface area (Å²) in [6.07, 6.45) is 0. The summed E-state index contributed by atoms with van der Waals surface area (Å²) < 4.78 is 0. The van der Waals surface area contributed by atoms with Gasteiger partial charge in [0.1, 0.15) is 0 Å². The Hall–Kier alpha value is -2.72. The normalized spacial score (nSPS) is 12.9. The van der Waals surface area contributed by atoms with Crippen molar-refractivity contribution in [3.8, 4) is 11.1 Å². The van der Waals surface area contributed by atoms with Gasteiger partial charge < -0.3 is 5.73 Å². The van der Waals surface area contributed by atoms with Crippen LogP contribution in [0.5, 0.6) is 0 Å². The van der Waals surface area contributed by atoms with Gasteiger partial charge in [0, 0.05) is 22.3 Å². The standard InChI is InChI=1S/C18H11NO2S/c19-16-11(10-7-8-22-9-10)5-6-14-15(16)18(21)13-4-2-1-3-12(13)17(14)20/h1-9H,19H2. The third-order valence-electron chi connectivity index (χ3n) is 3.97. The SMILES string of the molecule is Nc1c(-c2ccsc2)ccc2c1C(=O)c1ccccc1C2=O. The van der Waals surface area contributed by atoms with E-state index in [9.17, 15) is 9.59 Å². The molecule has 1 aliphatic rings. The highest BCUT2D eigenvalue weighted by atomic mass is 32.1. The van der Waals surface area contributed by atoms with Crippen LogP contribution in [0.2, 0.25) is 0 Å². The summed E-state index contributed by atoms with van der Waals surface area (Å²) in [4.78, 5) is 25.4. The Kier molecular flexibility index (Phi) is 2.74. The van der Waals surface area contributed by atoms with Crippen LogP contribution in [-0.4, -0.2) is 11.6 Å². The summed E-state index contributed by atoms with van der Waals surface area (Å²) in [7, 11) is 0. The Labute approximate surface area is 131 Å². The summed E-state index contributed by atoms with van der Waals surface area (Å²) >= 11 is 1.56. The first-order valence-electron chi connectivity index (χ1n) is 6.82. The van der Waals surface area contributed by atoms with E-state index in [0.29, 0.717) is 27.9 Å². The minimum absolute atomic E-state index is 0.145. The first-order chi connectivity index (χ1) is 10.7. The van der Waals surface area contributed by atoms with E-state index in [4.69, 9.17) is 5.73 Å². The van der Waals surface area contributed by atoms with Gasteiger partial charge in [-0.2, -0.15) is 11.3 Å². The van der Waals surface area contributed by atoms with Crippen molar-refractivity contribution in [2.45, 2.75) is 0 Å². The van der Waals surface area contributed by atoms with Crippen LogP contribution >= 0.6 is 11.3 Å². The van der Waals surface area contributed by atoms with E-state index in [1.165, 1.54) is 0 Å². The van der Waals surface area contributed by atoms with Crippen molar-refractivity contribution in [2.75, 3.05) is 5.73 Å². The minimum Gasteiger partial charge on any atom is -0.398 e. The molecule has 1 aliphatic carbocycles. The second kappa shape index (κ2) is 4.64. The van der Waals surface area contributed by atoms with Crippen LogP contribution in [0.1, 0.15) is 31.8 Å². The van der Waals surface area contributed by atoms with Crippen LogP contribution in [0.15, 0.2) is 53.2 Å². The highest BCUT2D eigenvalue weighted by Crippen LogP contribution is 2.37. The van der Waals surface area contributed by atoms with E-state index in [1.54, 1.807) is 41.7 Å². The molecule has 0 unspecified atom stereocenters. The molecule has 0 bridgehead atoms. The molecule has 1 aromatic heterocycles. The number of anilines is 1. The van der Waals surface area contributed by atoms with Gasteiger partial charge in [-0.3, -0.25) is 9.59 Å². The Morgan fingerprint density at radius 1 is 0.773 bits per heavy atom. The van der Waals surface area contributed by atoms with E-state index < -0.39 is 0 Å². The summed E-state index contributed by atoms with van der Waals surface area (Å²) in [5, 5.41) is 3.93. The average Bonchev–Trinajstić information content (AvgIpc) is 3.06. The summed E-state index contributed by atoms with van der Waals surface area (Å²) in [6.45, 7) is 0. The van der Waals surface area contributed by atoms with Crippen molar-refractivity contribution in [3.63, 3.8) is 0 Å². The van der Waals surface area contributed by atoms with Crippen molar-refractivity contribution in [2.24, 2.45) is 0 Å². The minimum atomic E-state index is -0.181. The Balaban J connectivity index is 2.00. The van der Waals surface area contributed by atoms with Crippen LogP contribution in [0.4, 0.5) is 5.69 Å². The molecule has 4 rings (SSSR count). The number of hydrogen-bond acceptors (Lipinski definition) is 4. The van der Waals surface area contributed by atoms with Crippen LogP contribution in [0.3, 0.4) is 0 Å². The van der Waals surface area contributed by atoms with Crippen LogP contribution in [0.25, 0.3) is 11.1 Å². The average molecular weight is 305 g/mol. The van der Waals surface area contributed by atoms with Gasteiger partial charge in [0.05, 0.1) is 11.3 Å². The van der Waals surface area contributed by atoms with E-state index in [-0.39, 0.29) is 11.6 Å². The first-order valence-corrected chi connectivity index (χ1v) is 7.76. The van der Waals surface area contributed by atoms with Crippen molar-refractivity contribution >= 4 is 28.6 Å². The number of nitrogen functional groups attached to an aromatic ring is 1. The summed E-state index contributed by atoms with van der Waals surface area (Å²) in [5.74, 6) is -0.325. The van der Waals surface area contributed by atoms with Gasteiger partial charge in [0.25, 0.3) is 0 Å². The van der Waals surface area contributed by atoms with Crippen LogP contribution in [0, 0.1) is 0 Å². The lowest BCUT2D eigenvalue weighted by molar-refractivity contribution is 0.0980. The molecule has 106 valence electrons. The number of hydrogen-bond donors (Lipinski definition) is 1. The van der Waals surface area contributed by atoms with Gasteiger partial charge in [0.15, 0.2) is 11.6 Å². The zero-order valence-electron chi connectivity index (χ0n) is 11.5. The molecule has 3 aromatic rings. The second-order valence-electron chi connectivity index (χ2n) is 5.17. The number of carbonyl (C=O) groups is 2. The number of ketones is 2. The molecule has 2 N–H and O–H groups in total. The fraction of sp³-hybridized carbons (Fsp3) is 0. The summed E-state index contributed by atoms with van der Waals surface area (Å²) in [6, 6.07) is 12.3. The molecule has 3 nitrogen and oxygen atoms in total. The topological polar surface area (TPSA) is 60.2 Å². The zero-order valence-corrected chi connectivity index (χ0v) is 12.3. The van der Waals surface area contributed by atoms with Crippen LogP contribution < -0.4 is 5.73 Å². The third-order valence-corrected chi connectivity index (χ3v) is 4.65. The Morgan fingerprint density at radius 3 is 2.14 bits per heavy atom. The maximum Gasteiger partial charge on any atom is 0.196 e. The van der Waals surface area contributed by atoms with Gasteiger partial charge >= 0.3 is 0 Å². The third kappa shape index (κ3) is 1.68. The van der Waals surface area contributed by atoms with Crippen molar-refractivity contribution < 1.29 is 9.59 Å². The number of nitrogens with two attached hydrogens (primary N) is 1. The van der Waals surface area contributed by atoms with Crippen molar-refractivity contribution in [3.05, 3.63) is 75.5 Å². The fourth-order valence-corrected chi connectivity index (χ4v) is 3.54. The molecule has 22 heavy (non-hydrogen) atoms.